The van der Waals surface area contributed by atoms with Crippen LogP contribution >= 0.6 is 11.6 Å². The summed E-state index contributed by atoms with van der Waals surface area (Å²) in [5, 5.41) is 11.0. The number of hydrogen-bond donors (Lipinski definition) is 2. The Labute approximate surface area is 142 Å². The molecule has 0 fully saturated rings. The van der Waals surface area contributed by atoms with Crippen LogP contribution in [0.3, 0.4) is 0 Å². The van der Waals surface area contributed by atoms with Crippen LogP contribution in [0.2, 0.25) is 5.02 Å². The molecule has 2 aromatic carbocycles. The molecule has 0 saturated heterocycles. The molecule has 0 unspecified atom stereocenters. The first-order chi connectivity index (χ1) is 11.1. The highest BCUT2D eigenvalue weighted by Crippen LogP contribution is 2.30. The van der Waals surface area contributed by atoms with E-state index in [1.807, 2.05) is 0 Å². The first-order valence-corrected chi connectivity index (χ1v) is 8.35. The molecule has 8 nitrogen and oxygen atoms in total. The summed E-state index contributed by atoms with van der Waals surface area (Å²) in [5.41, 5.74) is 5.26. The minimum Gasteiger partial charge on any atom is -0.366 e. The topological polar surface area (TPSA) is 132 Å². The molecule has 0 saturated carbocycles. The number of nitro groups is 1. The Balaban J connectivity index is 2.40. The van der Waals surface area contributed by atoms with Gasteiger partial charge in [0.05, 0.1) is 14.8 Å². The van der Waals surface area contributed by atoms with Gasteiger partial charge >= 0.3 is 0 Å². The number of rotatable bonds is 5. The largest absolute Gasteiger partial charge is 0.366 e. The zero-order valence-electron chi connectivity index (χ0n) is 12.3. The van der Waals surface area contributed by atoms with Gasteiger partial charge in [-0.15, -0.1) is 0 Å². The van der Waals surface area contributed by atoms with Crippen LogP contribution in [-0.2, 0) is 10.0 Å². The number of nitrogens with zero attached hydrogens (tertiary/aromatic N) is 1. The third-order valence-electron chi connectivity index (χ3n) is 3.22. The van der Waals surface area contributed by atoms with E-state index in [4.69, 9.17) is 17.3 Å². The molecule has 0 aliphatic rings. The van der Waals surface area contributed by atoms with Crippen LogP contribution in [0.1, 0.15) is 15.9 Å². The lowest BCUT2D eigenvalue weighted by Crippen LogP contribution is -2.14. The summed E-state index contributed by atoms with van der Waals surface area (Å²) in [7, 11) is -4.10. The number of carbonyl (C=O) groups is 1. The fourth-order valence-corrected chi connectivity index (χ4v) is 3.28. The number of benzene rings is 2. The molecule has 0 aliphatic heterocycles. The molecule has 0 heterocycles. The fraction of sp³-hybridized carbons (Fsp3) is 0.0714. The van der Waals surface area contributed by atoms with Gasteiger partial charge in [-0.1, -0.05) is 11.6 Å². The van der Waals surface area contributed by atoms with Crippen LogP contribution < -0.4 is 10.5 Å². The second-order valence-corrected chi connectivity index (χ2v) is 6.94. The van der Waals surface area contributed by atoms with E-state index in [1.165, 1.54) is 31.2 Å². The number of anilines is 1. The van der Waals surface area contributed by atoms with Gasteiger partial charge in [0.1, 0.15) is 0 Å². The summed E-state index contributed by atoms with van der Waals surface area (Å²) in [5.74, 6) is -0.648. The van der Waals surface area contributed by atoms with Crippen molar-refractivity contribution >= 4 is 38.9 Å². The maximum atomic E-state index is 12.4. The van der Waals surface area contributed by atoms with Gasteiger partial charge in [0.15, 0.2) is 0 Å². The average Bonchev–Trinajstić information content (AvgIpc) is 2.49. The van der Waals surface area contributed by atoms with Gasteiger partial charge in [0, 0.05) is 22.9 Å². The molecule has 126 valence electrons. The van der Waals surface area contributed by atoms with Crippen LogP contribution in [0.4, 0.5) is 11.4 Å². The summed E-state index contributed by atoms with van der Waals surface area (Å²) in [4.78, 5) is 20.9. The zero-order chi connectivity index (χ0) is 18.1. The molecule has 3 N–H and O–H groups in total. The van der Waals surface area contributed by atoms with E-state index in [9.17, 15) is 23.3 Å². The van der Waals surface area contributed by atoms with E-state index in [0.717, 1.165) is 12.1 Å². The van der Waals surface area contributed by atoms with Gasteiger partial charge in [0.25, 0.3) is 15.7 Å². The predicted octanol–water partition coefficient (Wildman–Crippen LogP) is 2.46. The van der Waals surface area contributed by atoms with Crippen molar-refractivity contribution in [3.05, 3.63) is 62.7 Å². The molecule has 2 aromatic rings. The van der Waals surface area contributed by atoms with E-state index in [1.54, 1.807) is 0 Å². The molecule has 0 aromatic heterocycles. The van der Waals surface area contributed by atoms with Gasteiger partial charge in [-0.25, -0.2) is 8.42 Å². The van der Waals surface area contributed by atoms with Gasteiger partial charge in [-0.3, -0.25) is 19.6 Å². The second-order valence-electron chi connectivity index (χ2n) is 4.85. The van der Waals surface area contributed by atoms with Gasteiger partial charge in [-0.2, -0.15) is 0 Å². The van der Waals surface area contributed by atoms with Crippen molar-refractivity contribution in [2.75, 3.05) is 4.72 Å². The van der Waals surface area contributed by atoms with Crippen molar-refractivity contribution < 1.29 is 18.1 Å². The number of carbonyl (C=O) groups excluding carboxylic acids is 1. The molecule has 24 heavy (non-hydrogen) atoms. The molecule has 0 bridgehead atoms. The normalized spacial score (nSPS) is 11.1. The summed E-state index contributed by atoms with van der Waals surface area (Å²) in [6.07, 6.45) is 0. The molecule has 0 radical (unpaired) electrons. The Morgan fingerprint density at radius 3 is 2.33 bits per heavy atom. The van der Waals surface area contributed by atoms with Crippen LogP contribution in [0, 0.1) is 17.0 Å². The van der Waals surface area contributed by atoms with Crippen molar-refractivity contribution in [3.63, 3.8) is 0 Å². The van der Waals surface area contributed by atoms with Gasteiger partial charge < -0.3 is 5.73 Å². The molecule has 2 rings (SSSR count). The Kier molecular flexibility index (Phi) is 4.76. The number of primary amides is 1. The second kappa shape index (κ2) is 6.46. The predicted molar refractivity (Wildman–Crippen MR) is 88.6 cm³/mol. The summed E-state index contributed by atoms with van der Waals surface area (Å²) in [6, 6.07) is 7.46. The first kappa shape index (κ1) is 17.7. The molecular weight excluding hydrogens is 358 g/mol. The quantitative estimate of drug-likeness (QED) is 0.617. The number of nitrogens with one attached hydrogen (secondary N) is 1. The zero-order valence-corrected chi connectivity index (χ0v) is 13.9. The molecule has 0 aliphatic carbocycles. The summed E-state index contributed by atoms with van der Waals surface area (Å²) in [6.45, 7) is 1.42. The minimum atomic E-state index is -4.10. The number of hydrogen-bond acceptors (Lipinski definition) is 5. The number of nitro benzene ring substituents is 1. The van der Waals surface area contributed by atoms with E-state index in [0.29, 0.717) is 0 Å². The molecule has 1 amide bonds. The molecule has 0 spiro atoms. The van der Waals surface area contributed by atoms with E-state index in [-0.39, 0.29) is 26.7 Å². The van der Waals surface area contributed by atoms with Gasteiger partial charge in [-0.05, 0) is 37.3 Å². The Bertz CT molecular complexity index is 926. The Hall–Kier alpha value is -2.65. The summed E-state index contributed by atoms with van der Waals surface area (Å²) < 4.78 is 27.0. The van der Waals surface area contributed by atoms with E-state index in [2.05, 4.69) is 4.72 Å². The number of halogens is 1. The number of nitrogens with two attached hydrogens (primary N) is 1. The van der Waals surface area contributed by atoms with E-state index >= 15 is 0 Å². The van der Waals surface area contributed by atoms with Crippen LogP contribution in [0.15, 0.2) is 41.3 Å². The first-order valence-electron chi connectivity index (χ1n) is 6.49. The average molecular weight is 370 g/mol. The van der Waals surface area contributed by atoms with Crippen LogP contribution in [0.5, 0.6) is 0 Å². The lowest BCUT2D eigenvalue weighted by atomic mass is 10.2. The molecule has 0 atom stereocenters. The maximum absolute atomic E-state index is 12.4. The van der Waals surface area contributed by atoms with Crippen molar-refractivity contribution in [3.8, 4) is 0 Å². The Morgan fingerprint density at radius 2 is 1.83 bits per heavy atom. The molecule has 10 heteroatoms. The lowest BCUT2D eigenvalue weighted by Gasteiger charge is -2.10. The van der Waals surface area contributed by atoms with Crippen LogP contribution in [0.25, 0.3) is 0 Å². The highest BCUT2D eigenvalue weighted by molar-refractivity contribution is 7.92. The minimum absolute atomic E-state index is 0.0337. The van der Waals surface area contributed by atoms with Crippen molar-refractivity contribution in [2.24, 2.45) is 5.73 Å². The Morgan fingerprint density at radius 1 is 1.25 bits per heavy atom. The van der Waals surface area contributed by atoms with Crippen molar-refractivity contribution in [1.29, 1.82) is 0 Å². The van der Waals surface area contributed by atoms with Crippen molar-refractivity contribution in [1.82, 2.24) is 0 Å². The highest BCUT2D eigenvalue weighted by atomic mass is 35.5. The standard InChI is InChI=1S/C14H12ClN3O5S/c1-8-12(15)6-11(7-13(8)18(20)21)24(22,23)17-10-4-2-9(3-5-10)14(16)19/h2-7,17H,1H3,(H2,16,19). The van der Waals surface area contributed by atoms with Crippen molar-refractivity contribution in [2.45, 2.75) is 11.8 Å². The number of amides is 1. The lowest BCUT2D eigenvalue weighted by molar-refractivity contribution is -0.385. The SMILES string of the molecule is Cc1c(Cl)cc(S(=O)(=O)Nc2ccc(C(N)=O)cc2)cc1[N+](=O)[O-]. The maximum Gasteiger partial charge on any atom is 0.275 e. The third kappa shape index (κ3) is 3.63. The van der Waals surface area contributed by atoms with Gasteiger partial charge in [0.2, 0.25) is 5.91 Å². The number of sulfonamides is 1. The third-order valence-corrected chi connectivity index (χ3v) is 4.97. The monoisotopic (exact) mass is 369 g/mol. The molecular formula is C14H12ClN3O5S. The van der Waals surface area contributed by atoms with Crippen LogP contribution in [-0.4, -0.2) is 19.2 Å². The highest BCUT2D eigenvalue weighted by Gasteiger charge is 2.22. The smallest absolute Gasteiger partial charge is 0.275 e. The van der Waals surface area contributed by atoms with E-state index < -0.39 is 26.5 Å². The fourth-order valence-electron chi connectivity index (χ4n) is 1.90. The summed E-state index contributed by atoms with van der Waals surface area (Å²) >= 11 is 5.88.